The molecule has 5 nitrogen and oxygen atoms in total. The van der Waals surface area contributed by atoms with Crippen molar-refractivity contribution in [3.63, 3.8) is 0 Å². The highest BCUT2D eigenvalue weighted by molar-refractivity contribution is 5.96. The molecule has 3 rings (SSSR count). The van der Waals surface area contributed by atoms with Crippen molar-refractivity contribution in [1.82, 2.24) is 10.6 Å². The van der Waals surface area contributed by atoms with Crippen LogP contribution in [0.2, 0.25) is 0 Å². The van der Waals surface area contributed by atoms with Crippen molar-refractivity contribution in [2.24, 2.45) is 0 Å². The Morgan fingerprint density at radius 3 is 2.48 bits per heavy atom. The average Bonchev–Trinajstić information content (AvgIpc) is 3.17. The van der Waals surface area contributed by atoms with Gasteiger partial charge in [-0.3, -0.25) is 9.59 Å². The van der Waals surface area contributed by atoms with E-state index >= 15 is 0 Å². The molecule has 1 unspecified atom stereocenters. The Kier molecular flexibility index (Phi) is 6.42. The summed E-state index contributed by atoms with van der Waals surface area (Å²) in [6.45, 7) is 1.07. The molecule has 3 N–H and O–H groups in total. The van der Waals surface area contributed by atoms with Crippen molar-refractivity contribution in [3.8, 4) is 0 Å². The van der Waals surface area contributed by atoms with Gasteiger partial charge in [-0.1, -0.05) is 0 Å². The van der Waals surface area contributed by atoms with Gasteiger partial charge in [0.05, 0.1) is 0 Å². The summed E-state index contributed by atoms with van der Waals surface area (Å²) in [4.78, 5) is 23.8. The summed E-state index contributed by atoms with van der Waals surface area (Å²) in [5.74, 6) is -0.00318. The van der Waals surface area contributed by atoms with E-state index < -0.39 is 0 Å². The SMILES string of the molecule is Cl.O=C(CCC1CCCN1)Nc1ccc(C(=O)NC2CC2)cc1. The van der Waals surface area contributed by atoms with E-state index in [0.717, 1.165) is 37.9 Å². The van der Waals surface area contributed by atoms with E-state index in [0.29, 0.717) is 24.1 Å². The third kappa shape index (κ3) is 5.52. The van der Waals surface area contributed by atoms with Crippen LogP contribution in [0.25, 0.3) is 0 Å². The summed E-state index contributed by atoms with van der Waals surface area (Å²) in [6.07, 6.45) is 5.94. The van der Waals surface area contributed by atoms with Gasteiger partial charge in [0.2, 0.25) is 5.91 Å². The van der Waals surface area contributed by atoms with Crippen molar-refractivity contribution in [1.29, 1.82) is 0 Å². The Balaban J connectivity index is 0.00000192. The molecule has 1 atom stereocenters. The number of halogens is 1. The zero-order valence-corrected chi connectivity index (χ0v) is 14.0. The van der Waals surface area contributed by atoms with E-state index in [1.807, 2.05) is 0 Å². The van der Waals surface area contributed by atoms with Gasteiger partial charge in [-0.25, -0.2) is 0 Å². The first-order chi connectivity index (χ1) is 10.7. The lowest BCUT2D eigenvalue weighted by Gasteiger charge is -2.10. The molecule has 0 radical (unpaired) electrons. The smallest absolute Gasteiger partial charge is 0.251 e. The highest BCUT2D eigenvalue weighted by atomic mass is 35.5. The minimum atomic E-state index is -0.0346. The van der Waals surface area contributed by atoms with Crippen molar-refractivity contribution in [2.75, 3.05) is 11.9 Å². The van der Waals surface area contributed by atoms with Crippen LogP contribution in [-0.2, 0) is 4.79 Å². The fourth-order valence-corrected chi connectivity index (χ4v) is 2.73. The molecule has 2 amide bonds. The van der Waals surface area contributed by atoms with Crippen LogP contribution < -0.4 is 16.0 Å². The van der Waals surface area contributed by atoms with E-state index in [-0.39, 0.29) is 24.2 Å². The van der Waals surface area contributed by atoms with Gasteiger partial charge < -0.3 is 16.0 Å². The third-order valence-corrected chi connectivity index (χ3v) is 4.23. The number of benzene rings is 1. The normalized spacial score (nSPS) is 19.7. The first-order valence-electron chi connectivity index (χ1n) is 8.15. The Hall–Kier alpha value is -1.59. The molecular weight excluding hydrogens is 314 g/mol. The molecule has 0 bridgehead atoms. The predicted molar refractivity (Wildman–Crippen MR) is 93.1 cm³/mol. The summed E-state index contributed by atoms with van der Waals surface area (Å²) in [5, 5.41) is 9.23. The molecule has 1 saturated carbocycles. The zero-order chi connectivity index (χ0) is 15.4. The van der Waals surface area contributed by atoms with Gasteiger partial charge >= 0.3 is 0 Å². The van der Waals surface area contributed by atoms with Crippen molar-refractivity contribution in [2.45, 2.75) is 50.6 Å². The first-order valence-corrected chi connectivity index (χ1v) is 8.15. The topological polar surface area (TPSA) is 70.2 Å². The molecule has 2 fully saturated rings. The van der Waals surface area contributed by atoms with Crippen LogP contribution in [0, 0.1) is 0 Å². The van der Waals surface area contributed by atoms with E-state index in [4.69, 9.17) is 0 Å². The van der Waals surface area contributed by atoms with Crippen LogP contribution in [0.15, 0.2) is 24.3 Å². The van der Waals surface area contributed by atoms with Crippen molar-refractivity contribution < 1.29 is 9.59 Å². The van der Waals surface area contributed by atoms with E-state index in [1.165, 1.54) is 6.42 Å². The molecule has 0 spiro atoms. The monoisotopic (exact) mass is 337 g/mol. The summed E-state index contributed by atoms with van der Waals surface area (Å²) in [6, 6.07) is 7.92. The number of hydrogen-bond acceptors (Lipinski definition) is 3. The van der Waals surface area contributed by atoms with Crippen molar-refractivity contribution in [3.05, 3.63) is 29.8 Å². The van der Waals surface area contributed by atoms with Gasteiger partial charge in [-0.15, -0.1) is 12.4 Å². The molecule has 0 aromatic heterocycles. The molecule has 6 heteroatoms. The van der Waals surface area contributed by atoms with Crippen LogP contribution in [0.5, 0.6) is 0 Å². The molecule has 1 saturated heterocycles. The Labute approximate surface area is 143 Å². The molecule has 1 heterocycles. The maximum atomic E-state index is 11.9. The molecule has 1 aliphatic heterocycles. The highest BCUT2D eigenvalue weighted by Gasteiger charge is 2.23. The van der Waals surface area contributed by atoms with Gasteiger partial charge in [-0.2, -0.15) is 0 Å². The van der Waals surface area contributed by atoms with Gasteiger partial charge in [-0.05, 0) is 62.9 Å². The van der Waals surface area contributed by atoms with E-state index in [2.05, 4.69) is 16.0 Å². The van der Waals surface area contributed by atoms with Crippen LogP contribution in [0.4, 0.5) is 5.69 Å². The maximum Gasteiger partial charge on any atom is 0.251 e. The van der Waals surface area contributed by atoms with Crippen LogP contribution in [-0.4, -0.2) is 30.4 Å². The van der Waals surface area contributed by atoms with Crippen LogP contribution in [0.3, 0.4) is 0 Å². The lowest BCUT2D eigenvalue weighted by atomic mass is 10.1. The zero-order valence-electron chi connectivity index (χ0n) is 13.1. The van der Waals surface area contributed by atoms with Gasteiger partial charge in [0.1, 0.15) is 0 Å². The molecule has 1 aromatic carbocycles. The largest absolute Gasteiger partial charge is 0.349 e. The number of carbonyl (C=O) groups is 2. The van der Waals surface area contributed by atoms with Crippen LogP contribution in [0.1, 0.15) is 48.9 Å². The third-order valence-electron chi connectivity index (χ3n) is 4.23. The number of carbonyl (C=O) groups excluding carboxylic acids is 2. The molecule has 23 heavy (non-hydrogen) atoms. The fourth-order valence-electron chi connectivity index (χ4n) is 2.73. The number of nitrogens with one attached hydrogen (secondary N) is 3. The fraction of sp³-hybridized carbons (Fsp3) is 0.529. The number of amides is 2. The van der Waals surface area contributed by atoms with Crippen molar-refractivity contribution >= 4 is 29.9 Å². The lowest BCUT2D eigenvalue weighted by molar-refractivity contribution is -0.116. The maximum absolute atomic E-state index is 11.9. The lowest BCUT2D eigenvalue weighted by Crippen LogP contribution is -2.25. The first kappa shape index (κ1) is 17.8. The summed E-state index contributed by atoms with van der Waals surface area (Å²) >= 11 is 0. The summed E-state index contributed by atoms with van der Waals surface area (Å²) in [5.41, 5.74) is 1.38. The molecule has 2 aliphatic rings. The molecule has 1 aliphatic carbocycles. The second kappa shape index (κ2) is 8.31. The average molecular weight is 338 g/mol. The minimum absolute atomic E-state index is 0. The summed E-state index contributed by atoms with van der Waals surface area (Å²) in [7, 11) is 0. The Bertz CT molecular complexity index is 537. The second-order valence-electron chi connectivity index (χ2n) is 6.21. The Morgan fingerprint density at radius 2 is 1.87 bits per heavy atom. The minimum Gasteiger partial charge on any atom is -0.349 e. The molecular formula is C17H24ClN3O2. The second-order valence-corrected chi connectivity index (χ2v) is 6.21. The van der Waals surface area contributed by atoms with Gasteiger partial charge in [0.15, 0.2) is 0 Å². The molecule has 126 valence electrons. The van der Waals surface area contributed by atoms with Gasteiger partial charge in [0, 0.05) is 29.8 Å². The quantitative estimate of drug-likeness (QED) is 0.747. The number of rotatable bonds is 6. The standard InChI is InChI=1S/C17H23N3O2.ClH/c21-16(10-9-13-2-1-11-18-13)19-14-5-3-12(4-6-14)17(22)20-15-7-8-15;/h3-6,13,15,18H,1-2,7-11H2,(H,19,21)(H,20,22);1H. The predicted octanol–water partition coefficient (Wildman–Crippen LogP) is 2.47. The van der Waals surface area contributed by atoms with Crippen LogP contribution >= 0.6 is 12.4 Å². The Morgan fingerprint density at radius 1 is 1.13 bits per heavy atom. The number of anilines is 1. The van der Waals surface area contributed by atoms with Gasteiger partial charge in [0.25, 0.3) is 5.91 Å². The van der Waals surface area contributed by atoms with E-state index in [9.17, 15) is 9.59 Å². The van der Waals surface area contributed by atoms with E-state index in [1.54, 1.807) is 24.3 Å². The summed E-state index contributed by atoms with van der Waals surface area (Å²) < 4.78 is 0. The highest BCUT2D eigenvalue weighted by Crippen LogP contribution is 2.20. The number of hydrogen-bond donors (Lipinski definition) is 3. The molecule has 1 aromatic rings.